The van der Waals surface area contributed by atoms with E-state index in [1.165, 1.54) is 30.9 Å². The summed E-state index contributed by atoms with van der Waals surface area (Å²) < 4.78 is 21.5. The summed E-state index contributed by atoms with van der Waals surface area (Å²) in [6.45, 7) is 2.31. The number of fused-ring (bicyclic) bond motifs is 2. The van der Waals surface area contributed by atoms with Crippen LogP contribution in [0, 0.1) is 5.92 Å². The first kappa shape index (κ1) is 21.9. The summed E-state index contributed by atoms with van der Waals surface area (Å²) in [6.07, 6.45) is 6.08. The molecule has 1 fully saturated rings. The molecule has 172 valence electrons. The zero-order valence-electron chi connectivity index (χ0n) is 19.2. The lowest BCUT2D eigenvalue weighted by atomic mass is 10.1. The molecule has 1 atom stereocenters. The van der Waals surface area contributed by atoms with Crippen molar-refractivity contribution < 1.29 is 14.1 Å². The van der Waals surface area contributed by atoms with E-state index in [9.17, 15) is 9.35 Å². The van der Waals surface area contributed by atoms with Gasteiger partial charge in [0, 0.05) is 31.0 Å². The van der Waals surface area contributed by atoms with Crippen LogP contribution in [-0.4, -0.2) is 54.8 Å². The summed E-state index contributed by atoms with van der Waals surface area (Å²) in [5.41, 5.74) is 4.90. The molecule has 2 aromatic carbocycles. The monoisotopic (exact) mass is 464 g/mol. The summed E-state index contributed by atoms with van der Waals surface area (Å²) in [6, 6.07) is 14.1. The number of methoxy groups -OCH3 is 1. The number of nitrogens with zero attached hydrogens (tertiary/aromatic N) is 4. The molecule has 1 aliphatic heterocycles. The van der Waals surface area contributed by atoms with Crippen molar-refractivity contribution in [1.29, 1.82) is 0 Å². The van der Waals surface area contributed by atoms with Crippen LogP contribution in [0.1, 0.15) is 28.9 Å². The Bertz CT molecular complexity index is 1230. The number of likely N-dealkylation sites (N-methyl/N-ethyl adjacent to an activating group) is 1. The van der Waals surface area contributed by atoms with Gasteiger partial charge in [-0.2, -0.15) is 4.31 Å². The highest BCUT2D eigenvalue weighted by Gasteiger charge is 2.30. The van der Waals surface area contributed by atoms with Crippen LogP contribution in [0.3, 0.4) is 0 Å². The third-order valence-corrected chi connectivity index (χ3v) is 7.41. The SMILES string of the molecule is COC(=O)c1cc(N=Cc2cc3ccccc3n2CC2CC2)c2c(c1)N([S+](C)[O-])CCN2C. The second kappa shape index (κ2) is 8.76. The summed E-state index contributed by atoms with van der Waals surface area (Å²) in [7, 11) is 3.36. The van der Waals surface area contributed by atoms with Crippen LogP contribution in [0.4, 0.5) is 17.1 Å². The number of ether oxygens (including phenoxy) is 1. The number of aliphatic imine (C=N–C) groups is 1. The normalized spacial score (nSPS) is 17.0. The van der Waals surface area contributed by atoms with E-state index in [4.69, 9.17) is 9.73 Å². The third-order valence-electron chi connectivity index (χ3n) is 6.41. The van der Waals surface area contributed by atoms with E-state index in [-0.39, 0.29) is 0 Å². The average Bonchev–Trinajstić information content (AvgIpc) is 3.57. The Kier molecular flexibility index (Phi) is 5.80. The summed E-state index contributed by atoms with van der Waals surface area (Å²) in [5.74, 6) is 0.287. The first-order chi connectivity index (χ1) is 16.0. The van der Waals surface area contributed by atoms with E-state index < -0.39 is 17.3 Å². The van der Waals surface area contributed by atoms with E-state index in [0.29, 0.717) is 24.3 Å². The van der Waals surface area contributed by atoms with Crippen molar-refractivity contribution in [3.05, 3.63) is 53.7 Å². The topological polar surface area (TPSA) is 73.1 Å². The van der Waals surface area contributed by atoms with Crippen LogP contribution in [0.15, 0.2) is 47.5 Å². The van der Waals surface area contributed by atoms with Crippen molar-refractivity contribution in [3.8, 4) is 0 Å². The molecule has 2 heterocycles. The summed E-state index contributed by atoms with van der Waals surface area (Å²) >= 11 is -1.22. The zero-order chi connectivity index (χ0) is 23.1. The molecule has 1 aromatic heterocycles. The second-order valence-corrected chi connectivity index (χ2v) is 10.0. The predicted molar refractivity (Wildman–Crippen MR) is 134 cm³/mol. The van der Waals surface area contributed by atoms with Gasteiger partial charge in [0.1, 0.15) is 11.9 Å². The molecule has 1 unspecified atom stereocenters. The lowest BCUT2D eigenvalue weighted by Crippen LogP contribution is -2.42. The fourth-order valence-corrected chi connectivity index (χ4v) is 5.25. The summed E-state index contributed by atoms with van der Waals surface area (Å²) in [5, 5.41) is 1.19. The molecule has 0 radical (unpaired) electrons. The largest absolute Gasteiger partial charge is 0.593 e. The molecule has 1 aliphatic carbocycles. The standard InChI is InChI=1S/C25H28N4O3S/c1-27-10-11-29(33(3)31)23-14-19(25(30)32-2)13-21(24(23)27)26-15-20-12-18-6-4-5-7-22(18)28(20)16-17-8-9-17/h4-7,12-15,17H,8-11,16H2,1-3H3. The molecule has 2 aliphatic rings. The van der Waals surface area contributed by atoms with E-state index in [0.717, 1.165) is 29.5 Å². The van der Waals surface area contributed by atoms with Gasteiger partial charge in [-0.3, -0.25) is 4.99 Å². The highest BCUT2D eigenvalue weighted by Crippen LogP contribution is 2.43. The number of benzene rings is 2. The molecular formula is C25H28N4O3S. The Labute approximate surface area is 197 Å². The highest BCUT2D eigenvalue weighted by atomic mass is 32.2. The van der Waals surface area contributed by atoms with Crippen LogP contribution < -0.4 is 9.21 Å². The maximum absolute atomic E-state index is 12.4. The number of para-hydroxylation sites is 1. The molecule has 1 saturated carbocycles. The molecule has 7 nitrogen and oxygen atoms in total. The number of hydrogen-bond acceptors (Lipinski definition) is 6. The molecule has 0 bridgehead atoms. The van der Waals surface area contributed by atoms with Crippen molar-refractivity contribution in [1.82, 2.24) is 4.57 Å². The number of carbonyl (C=O) groups excluding carboxylic acids is 1. The van der Waals surface area contributed by atoms with Crippen molar-refractivity contribution >= 4 is 51.5 Å². The summed E-state index contributed by atoms with van der Waals surface area (Å²) in [4.78, 5) is 19.4. The van der Waals surface area contributed by atoms with E-state index in [1.54, 1.807) is 18.4 Å². The van der Waals surface area contributed by atoms with Crippen molar-refractivity contribution in [2.45, 2.75) is 19.4 Å². The minimum absolute atomic E-state index is 0.396. The number of hydrogen-bond donors (Lipinski definition) is 0. The Morgan fingerprint density at radius 3 is 2.76 bits per heavy atom. The van der Waals surface area contributed by atoms with Gasteiger partial charge in [0.05, 0.1) is 53.9 Å². The van der Waals surface area contributed by atoms with Gasteiger partial charge in [0.25, 0.3) is 0 Å². The molecule has 5 rings (SSSR count). The van der Waals surface area contributed by atoms with Crippen LogP contribution >= 0.6 is 0 Å². The number of carbonyl (C=O) groups is 1. The quantitative estimate of drug-likeness (QED) is 0.311. The van der Waals surface area contributed by atoms with Crippen molar-refractivity contribution in [3.63, 3.8) is 0 Å². The fourth-order valence-electron chi connectivity index (χ4n) is 4.50. The Hall–Kier alpha value is -2.97. The number of rotatable bonds is 6. The highest BCUT2D eigenvalue weighted by molar-refractivity contribution is 7.92. The maximum Gasteiger partial charge on any atom is 0.338 e. The molecule has 0 saturated heterocycles. The minimum Gasteiger partial charge on any atom is -0.593 e. The Morgan fingerprint density at radius 2 is 2.03 bits per heavy atom. The average molecular weight is 465 g/mol. The van der Waals surface area contributed by atoms with Gasteiger partial charge in [-0.15, -0.1) is 0 Å². The maximum atomic E-state index is 12.4. The van der Waals surface area contributed by atoms with E-state index >= 15 is 0 Å². The molecular weight excluding hydrogens is 436 g/mol. The van der Waals surface area contributed by atoms with E-state index in [1.807, 2.05) is 17.6 Å². The zero-order valence-corrected chi connectivity index (χ0v) is 20.0. The van der Waals surface area contributed by atoms with Crippen LogP contribution in [-0.2, 0) is 22.6 Å². The molecule has 0 amide bonds. The Morgan fingerprint density at radius 1 is 1.24 bits per heavy atom. The van der Waals surface area contributed by atoms with Gasteiger partial charge >= 0.3 is 5.97 Å². The van der Waals surface area contributed by atoms with Gasteiger partial charge in [-0.1, -0.05) is 18.2 Å². The van der Waals surface area contributed by atoms with Gasteiger partial charge in [-0.05, 0) is 43.0 Å². The molecule has 33 heavy (non-hydrogen) atoms. The van der Waals surface area contributed by atoms with Gasteiger partial charge in [0.15, 0.2) is 0 Å². The number of aromatic nitrogens is 1. The molecule has 0 spiro atoms. The van der Waals surface area contributed by atoms with Crippen LogP contribution in [0.25, 0.3) is 10.9 Å². The van der Waals surface area contributed by atoms with Gasteiger partial charge in [-0.25, -0.2) is 4.79 Å². The number of esters is 1. The lowest BCUT2D eigenvalue weighted by Gasteiger charge is -2.36. The van der Waals surface area contributed by atoms with Crippen molar-refractivity contribution in [2.24, 2.45) is 10.9 Å². The minimum atomic E-state index is -1.22. The first-order valence-corrected chi connectivity index (χ1v) is 12.7. The molecule has 0 N–H and O–H groups in total. The third kappa shape index (κ3) is 4.20. The number of anilines is 2. The van der Waals surface area contributed by atoms with Gasteiger partial charge < -0.3 is 18.8 Å². The predicted octanol–water partition coefficient (Wildman–Crippen LogP) is 4.14. The molecule has 3 aromatic rings. The van der Waals surface area contributed by atoms with E-state index in [2.05, 4.69) is 39.8 Å². The smallest absolute Gasteiger partial charge is 0.338 e. The van der Waals surface area contributed by atoms with Crippen LogP contribution in [0.5, 0.6) is 0 Å². The van der Waals surface area contributed by atoms with Gasteiger partial charge in [0.2, 0.25) is 0 Å². The first-order valence-electron chi connectivity index (χ1n) is 11.2. The lowest BCUT2D eigenvalue weighted by molar-refractivity contribution is 0.0601. The Balaban J connectivity index is 1.62. The van der Waals surface area contributed by atoms with Crippen LogP contribution in [0.2, 0.25) is 0 Å². The van der Waals surface area contributed by atoms with Crippen molar-refractivity contribution in [2.75, 3.05) is 42.7 Å². The second-order valence-electron chi connectivity index (χ2n) is 8.74. The fraction of sp³-hybridized carbons (Fsp3) is 0.360. The molecule has 8 heteroatoms.